The van der Waals surface area contributed by atoms with Gasteiger partial charge in [-0.3, -0.25) is 4.99 Å². The SMILES string of the molecule is Cc1cc(C)cc(NC(N)=NCCSC(C)(C)C)c1. The van der Waals surface area contributed by atoms with Crippen LogP contribution in [0.15, 0.2) is 23.2 Å². The van der Waals surface area contributed by atoms with Crippen molar-refractivity contribution in [3.05, 3.63) is 29.3 Å². The second kappa shape index (κ2) is 6.85. The molecule has 0 saturated heterocycles. The summed E-state index contributed by atoms with van der Waals surface area (Å²) < 4.78 is 0.283. The van der Waals surface area contributed by atoms with Gasteiger partial charge in [0.1, 0.15) is 0 Å². The van der Waals surface area contributed by atoms with Crippen LogP contribution in [0.25, 0.3) is 0 Å². The smallest absolute Gasteiger partial charge is 0.193 e. The molecule has 3 N–H and O–H groups in total. The molecule has 0 heterocycles. The largest absolute Gasteiger partial charge is 0.370 e. The number of hydrogen-bond donors (Lipinski definition) is 2. The number of nitrogens with two attached hydrogens (primary N) is 1. The minimum atomic E-state index is 0.283. The topological polar surface area (TPSA) is 50.4 Å². The Labute approximate surface area is 121 Å². The van der Waals surface area contributed by atoms with Crippen molar-refractivity contribution in [2.75, 3.05) is 17.6 Å². The molecule has 0 atom stereocenters. The van der Waals surface area contributed by atoms with Gasteiger partial charge in [0.15, 0.2) is 5.96 Å². The highest BCUT2D eigenvalue weighted by Crippen LogP contribution is 2.22. The Kier molecular flexibility index (Phi) is 5.73. The third kappa shape index (κ3) is 7.11. The Morgan fingerprint density at radius 3 is 2.32 bits per heavy atom. The van der Waals surface area contributed by atoms with Crippen molar-refractivity contribution in [3.8, 4) is 0 Å². The van der Waals surface area contributed by atoms with E-state index < -0.39 is 0 Å². The van der Waals surface area contributed by atoms with Crippen molar-refractivity contribution in [2.45, 2.75) is 39.4 Å². The van der Waals surface area contributed by atoms with E-state index in [4.69, 9.17) is 5.73 Å². The van der Waals surface area contributed by atoms with E-state index in [1.54, 1.807) is 0 Å². The van der Waals surface area contributed by atoms with Crippen LogP contribution in [0.3, 0.4) is 0 Å². The summed E-state index contributed by atoms with van der Waals surface area (Å²) in [6.07, 6.45) is 0. The van der Waals surface area contributed by atoms with Crippen LogP contribution < -0.4 is 11.1 Å². The van der Waals surface area contributed by atoms with Crippen LogP contribution in [-0.2, 0) is 0 Å². The number of rotatable bonds is 4. The zero-order chi connectivity index (χ0) is 14.5. The second-order valence-corrected chi connectivity index (χ2v) is 7.65. The third-order valence-corrected chi connectivity index (χ3v) is 3.66. The second-order valence-electron chi connectivity index (χ2n) is 5.73. The fraction of sp³-hybridized carbons (Fsp3) is 0.533. The van der Waals surface area contributed by atoms with Gasteiger partial charge in [-0.1, -0.05) is 26.8 Å². The number of thioether (sulfide) groups is 1. The molecule has 0 aliphatic heterocycles. The van der Waals surface area contributed by atoms with E-state index in [2.05, 4.69) is 63.1 Å². The van der Waals surface area contributed by atoms with Crippen molar-refractivity contribution in [2.24, 2.45) is 10.7 Å². The van der Waals surface area contributed by atoms with E-state index in [1.807, 2.05) is 11.8 Å². The Balaban J connectivity index is 2.47. The summed E-state index contributed by atoms with van der Waals surface area (Å²) in [7, 11) is 0. The average molecular weight is 279 g/mol. The molecule has 0 radical (unpaired) electrons. The van der Waals surface area contributed by atoms with Gasteiger partial charge in [-0.2, -0.15) is 11.8 Å². The summed E-state index contributed by atoms with van der Waals surface area (Å²) in [5, 5.41) is 3.14. The van der Waals surface area contributed by atoms with Crippen LogP contribution in [0, 0.1) is 13.8 Å². The Morgan fingerprint density at radius 2 is 1.79 bits per heavy atom. The maximum absolute atomic E-state index is 5.89. The number of aryl methyl sites for hydroxylation is 2. The number of anilines is 1. The maximum atomic E-state index is 5.89. The minimum Gasteiger partial charge on any atom is -0.370 e. The number of guanidine groups is 1. The van der Waals surface area contributed by atoms with Crippen molar-refractivity contribution in [1.82, 2.24) is 0 Å². The molecule has 19 heavy (non-hydrogen) atoms. The number of hydrogen-bond acceptors (Lipinski definition) is 2. The molecule has 0 spiro atoms. The molecular formula is C15H25N3S. The number of nitrogens with one attached hydrogen (secondary N) is 1. The predicted molar refractivity (Wildman–Crippen MR) is 88.2 cm³/mol. The molecule has 4 heteroatoms. The van der Waals surface area contributed by atoms with E-state index >= 15 is 0 Å². The number of benzene rings is 1. The summed E-state index contributed by atoms with van der Waals surface area (Å²) in [4.78, 5) is 4.34. The lowest BCUT2D eigenvalue weighted by molar-refractivity contribution is 0.802. The van der Waals surface area contributed by atoms with Crippen LogP contribution in [0.4, 0.5) is 5.69 Å². The molecule has 0 bridgehead atoms. The summed E-state index contributed by atoms with van der Waals surface area (Å²) in [6, 6.07) is 6.27. The molecule has 0 aromatic heterocycles. The fourth-order valence-electron chi connectivity index (χ4n) is 1.75. The average Bonchev–Trinajstić information content (AvgIpc) is 2.21. The Bertz CT molecular complexity index is 427. The van der Waals surface area contributed by atoms with Crippen LogP contribution >= 0.6 is 11.8 Å². The first-order chi connectivity index (χ1) is 8.76. The lowest BCUT2D eigenvalue weighted by atomic mass is 10.1. The first kappa shape index (κ1) is 15.9. The van der Waals surface area contributed by atoms with Crippen molar-refractivity contribution >= 4 is 23.4 Å². The molecule has 1 rings (SSSR count). The minimum absolute atomic E-state index is 0.283. The highest BCUT2D eigenvalue weighted by Gasteiger charge is 2.09. The molecule has 0 aliphatic rings. The molecule has 0 aliphatic carbocycles. The summed E-state index contributed by atoms with van der Waals surface area (Å²) in [6.45, 7) is 11.5. The molecule has 106 valence electrons. The molecule has 1 aromatic carbocycles. The monoisotopic (exact) mass is 279 g/mol. The van der Waals surface area contributed by atoms with Gasteiger partial charge in [0, 0.05) is 16.2 Å². The zero-order valence-electron chi connectivity index (χ0n) is 12.6. The normalized spacial score (nSPS) is 12.6. The Morgan fingerprint density at radius 1 is 1.21 bits per heavy atom. The van der Waals surface area contributed by atoms with Crippen LogP contribution in [0.1, 0.15) is 31.9 Å². The van der Waals surface area contributed by atoms with Gasteiger partial charge in [-0.15, -0.1) is 0 Å². The molecule has 0 unspecified atom stereocenters. The van der Waals surface area contributed by atoms with Gasteiger partial charge in [0.25, 0.3) is 0 Å². The lowest BCUT2D eigenvalue weighted by Gasteiger charge is -2.16. The van der Waals surface area contributed by atoms with E-state index in [9.17, 15) is 0 Å². The van der Waals surface area contributed by atoms with Crippen molar-refractivity contribution in [1.29, 1.82) is 0 Å². The first-order valence-corrected chi connectivity index (χ1v) is 7.54. The van der Waals surface area contributed by atoms with Gasteiger partial charge >= 0.3 is 0 Å². The Hall–Kier alpha value is -1.16. The van der Waals surface area contributed by atoms with E-state index in [0.29, 0.717) is 5.96 Å². The van der Waals surface area contributed by atoms with Gasteiger partial charge in [-0.05, 0) is 37.1 Å². The van der Waals surface area contributed by atoms with Gasteiger partial charge in [0.2, 0.25) is 0 Å². The molecular weight excluding hydrogens is 254 g/mol. The molecule has 0 fully saturated rings. The van der Waals surface area contributed by atoms with Crippen molar-refractivity contribution in [3.63, 3.8) is 0 Å². The van der Waals surface area contributed by atoms with Crippen LogP contribution in [0.2, 0.25) is 0 Å². The molecule has 1 aromatic rings. The first-order valence-electron chi connectivity index (χ1n) is 6.55. The summed E-state index contributed by atoms with van der Waals surface area (Å²) in [5.41, 5.74) is 9.33. The van der Waals surface area contributed by atoms with E-state index in [1.165, 1.54) is 11.1 Å². The molecule has 3 nitrogen and oxygen atoms in total. The van der Waals surface area contributed by atoms with Gasteiger partial charge in [-0.25, -0.2) is 0 Å². The maximum Gasteiger partial charge on any atom is 0.193 e. The highest BCUT2D eigenvalue weighted by molar-refractivity contribution is 8.00. The number of nitrogens with zero attached hydrogens (tertiary/aromatic N) is 1. The van der Waals surface area contributed by atoms with Gasteiger partial charge in [0.05, 0.1) is 6.54 Å². The van der Waals surface area contributed by atoms with Crippen LogP contribution in [0.5, 0.6) is 0 Å². The fourth-order valence-corrected chi connectivity index (χ4v) is 2.55. The zero-order valence-corrected chi connectivity index (χ0v) is 13.4. The number of aliphatic imine (C=N–C) groups is 1. The quantitative estimate of drug-likeness (QED) is 0.503. The van der Waals surface area contributed by atoms with E-state index in [-0.39, 0.29) is 4.75 Å². The van der Waals surface area contributed by atoms with Crippen LogP contribution in [-0.4, -0.2) is 23.0 Å². The standard InChI is InChI=1S/C15H25N3S/c1-11-8-12(2)10-13(9-11)18-14(16)17-6-7-19-15(3,4)5/h8-10H,6-7H2,1-5H3,(H3,16,17,18). The predicted octanol–water partition coefficient (Wildman–Crippen LogP) is 3.56. The third-order valence-electron chi connectivity index (χ3n) is 2.40. The highest BCUT2D eigenvalue weighted by atomic mass is 32.2. The summed E-state index contributed by atoms with van der Waals surface area (Å²) >= 11 is 1.90. The van der Waals surface area contributed by atoms with Gasteiger partial charge < -0.3 is 11.1 Å². The lowest BCUT2D eigenvalue weighted by Crippen LogP contribution is -2.23. The van der Waals surface area contributed by atoms with E-state index in [0.717, 1.165) is 18.0 Å². The molecule has 0 amide bonds. The molecule has 0 saturated carbocycles. The summed E-state index contributed by atoms with van der Waals surface area (Å²) in [5.74, 6) is 1.47. The van der Waals surface area contributed by atoms with Crippen molar-refractivity contribution < 1.29 is 0 Å².